The van der Waals surface area contributed by atoms with Crippen molar-refractivity contribution in [3.8, 4) is 0 Å². The molecule has 0 radical (unpaired) electrons. The molecular formula is C5H10AsBr. The summed E-state index contributed by atoms with van der Waals surface area (Å²) in [5.74, 6) is 0. The number of rotatable bonds is 0. The maximum atomic E-state index is 3.73. The molecule has 0 aliphatic carbocycles. The Bertz CT molecular complexity index is 50.0. The fourth-order valence-corrected chi connectivity index (χ4v) is 6.31. The predicted octanol–water partition coefficient (Wildman–Crippen LogP) is 2.56. The normalized spacial score (nSPS) is 25.3. The van der Waals surface area contributed by atoms with E-state index in [0.717, 1.165) is 0 Å². The summed E-state index contributed by atoms with van der Waals surface area (Å²) in [4.78, 5) is 0. The van der Waals surface area contributed by atoms with Crippen molar-refractivity contribution in [2.75, 3.05) is 0 Å². The average Bonchev–Trinajstić information content (AvgIpc) is 1.69. The zero-order valence-corrected chi connectivity index (χ0v) is 7.82. The van der Waals surface area contributed by atoms with Gasteiger partial charge in [0.25, 0.3) is 0 Å². The fourth-order valence-electron chi connectivity index (χ4n) is 0.855. The third kappa shape index (κ3) is 2.19. The third-order valence-corrected chi connectivity index (χ3v) is 8.35. The molecule has 42 valence electrons. The topological polar surface area (TPSA) is 0 Å². The molecular weight excluding hydrogens is 215 g/mol. The van der Waals surface area contributed by atoms with Crippen LogP contribution in [0.15, 0.2) is 0 Å². The summed E-state index contributed by atoms with van der Waals surface area (Å²) in [6, 6.07) is 0. The van der Waals surface area contributed by atoms with Crippen molar-refractivity contribution in [3.05, 3.63) is 0 Å². The average molecular weight is 225 g/mol. The predicted molar refractivity (Wildman–Crippen MR) is 38.1 cm³/mol. The van der Waals surface area contributed by atoms with E-state index >= 15 is 0 Å². The van der Waals surface area contributed by atoms with Crippen LogP contribution in [0.2, 0.25) is 10.4 Å². The summed E-state index contributed by atoms with van der Waals surface area (Å²) in [6.45, 7) is 0. The molecule has 7 heavy (non-hydrogen) atoms. The van der Waals surface area contributed by atoms with Crippen LogP contribution in [0.1, 0.15) is 19.3 Å². The van der Waals surface area contributed by atoms with Gasteiger partial charge in [0.2, 0.25) is 0 Å². The van der Waals surface area contributed by atoms with E-state index in [1.54, 1.807) is 10.4 Å². The summed E-state index contributed by atoms with van der Waals surface area (Å²) in [7, 11) is 0. The first-order valence-electron chi connectivity index (χ1n) is 2.80. The molecule has 1 aliphatic rings. The van der Waals surface area contributed by atoms with Gasteiger partial charge in [0, 0.05) is 0 Å². The molecule has 0 atom stereocenters. The quantitative estimate of drug-likeness (QED) is 0.555. The molecule has 2 heteroatoms. The Morgan fingerprint density at radius 2 is 1.57 bits per heavy atom. The van der Waals surface area contributed by atoms with E-state index in [1.807, 2.05) is 0 Å². The minimum atomic E-state index is -0.339. The van der Waals surface area contributed by atoms with Gasteiger partial charge in [-0.3, -0.25) is 0 Å². The first-order valence-corrected chi connectivity index (χ1v) is 9.85. The van der Waals surface area contributed by atoms with Crippen LogP contribution in [0.25, 0.3) is 0 Å². The van der Waals surface area contributed by atoms with Crippen molar-refractivity contribution in [1.29, 1.82) is 0 Å². The van der Waals surface area contributed by atoms with E-state index < -0.39 is 0 Å². The van der Waals surface area contributed by atoms with E-state index in [-0.39, 0.29) is 12.8 Å². The molecule has 1 aliphatic heterocycles. The van der Waals surface area contributed by atoms with Crippen LogP contribution in [0.5, 0.6) is 0 Å². The molecule has 1 saturated heterocycles. The second kappa shape index (κ2) is 3.14. The number of hydrogen-bond acceptors (Lipinski definition) is 0. The van der Waals surface area contributed by atoms with Gasteiger partial charge in [0.05, 0.1) is 0 Å². The van der Waals surface area contributed by atoms with Gasteiger partial charge in [-0.05, 0) is 0 Å². The molecule has 1 rings (SSSR count). The molecule has 0 spiro atoms. The first-order chi connectivity index (χ1) is 3.39. The van der Waals surface area contributed by atoms with Gasteiger partial charge in [0.1, 0.15) is 0 Å². The van der Waals surface area contributed by atoms with Crippen molar-refractivity contribution >= 4 is 26.7 Å². The van der Waals surface area contributed by atoms with Crippen molar-refractivity contribution in [2.45, 2.75) is 29.7 Å². The molecule has 1 heterocycles. The van der Waals surface area contributed by atoms with Crippen LogP contribution in [-0.2, 0) is 0 Å². The first kappa shape index (κ1) is 6.16. The van der Waals surface area contributed by atoms with Gasteiger partial charge < -0.3 is 0 Å². The second-order valence-electron chi connectivity index (χ2n) is 1.97. The van der Waals surface area contributed by atoms with Crippen molar-refractivity contribution in [2.24, 2.45) is 0 Å². The maximum absolute atomic E-state index is 3.73. The number of halogens is 1. The van der Waals surface area contributed by atoms with Crippen LogP contribution < -0.4 is 0 Å². The molecule has 0 unspecified atom stereocenters. The van der Waals surface area contributed by atoms with E-state index in [9.17, 15) is 0 Å². The van der Waals surface area contributed by atoms with Crippen LogP contribution in [0.4, 0.5) is 0 Å². The SMILES string of the molecule is Br[As]1CCCCC1. The van der Waals surface area contributed by atoms with E-state index in [0.29, 0.717) is 0 Å². The second-order valence-corrected chi connectivity index (χ2v) is 11.0. The summed E-state index contributed by atoms with van der Waals surface area (Å²) < 4.78 is 0. The summed E-state index contributed by atoms with van der Waals surface area (Å²) in [5.41, 5.74) is 0. The zero-order valence-electron chi connectivity index (χ0n) is 4.36. The Balaban J connectivity index is 2.12. The molecule has 0 saturated carbocycles. The van der Waals surface area contributed by atoms with Gasteiger partial charge in [-0.25, -0.2) is 0 Å². The Morgan fingerprint density at radius 3 is 1.86 bits per heavy atom. The van der Waals surface area contributed by atoms with E-state index in [2.05, 4.69) is 13.9 Å². The number of hydrogen-bond donors (Lipinski definition) is 0. The van der Waals surface area contributed by atoms with E-state index in [4.69, 9.17) is 0 Å². The van der Waals surface area contributed by atoms with Gasteiger partial charge >= 0.3 is 56.4 Å². The molecule has 0 amide bonds. The van der Waals surface area contributed by atoms with Crippen molar-refractivity contribution < 1.29 is 0 Å². The summed E-state index contributed by atoms with van der Waals surface area (Å²) in [6.07, 6.45) is 4.51. The third-order valence-electron chi connectivity index (χ3n) is 1.30. The van der Waals surface area contributed by atoms with Crippen LogP contribution in [0.3, 0.4) is 0 Å². The van der Waals surface area contributed by atoms with Crippen LogP contribution in [-0.4, -0.2) is 12.8 Å². The Hall–Kier alpha value is 1.04. The van der Waals surface area contributed by atoms with Gasteiger partial charge in [-0.1, -0.05) is 0 Å². The molecule has 0 aromatic carbocycles. The molecule has 0 bridgehead atoms. The standard InChI is InChI=1S/C5H10AsBr/c7-6-4-2-1-3-5-6/h1-5H2. The summed E-state index contributed by atoms with van der Waals surface area (Å²) >= 11 is 3.40. The molecule has 0 aromatic rings. The fraction of sp³-hybridized carbons (Fsp3) is 1.00. The van der Waals surface area contributed by atoms with Crippen molar-refractivity contribution in [1.82, 2.24) is 0 Å². The Labute approximate surface area is 56.5 Å². The van der Waals surface area contributed by atoms with E-state index in [1.165, 1.54) is 19.3 Å². The van der Waals surface area contributed by atoms with Gasteiger partial charge in [-0.2, -0.15) is 0 Å². The zero-order chi connectivity index (χ0) is 5.11. The molecule has 0 N–H and O–H groups in total. The summed E-state index contributed by atoms with van der Waals surface area (Å²) in [5, 5.41) is 3.10. The van der Waals surface area contributed by atoms with Gasteiger partial charge in [0.15, 0.2) is 0 Å². The Morgan fingerprint density at radius 1 is 1.00 bits per heavy atom. The molecule has 1 fully saturated rings. The molecule has 0 aromatic heterocycles. The van der Waals surface area contributed by atoms with Crippen LogP contribution in [0, 0.1) is 0 Å². The minimum absolute atomic E-state index is 0.339. The van der Waals surface area contributed by atoms with Crippen molar-refractivity contribution in [3.63, 3.8) is 0 Å². The Kier molecular flexibility index (Phi) is 2.77. The van der Waals surface area contributed by atoms with Crippen LogP contribution >= 0.6 is 13.9 Å². The molecule has 0 nitrogen and oxygen atoms in total. The van der Waals surface area contributed by atoms with Gasteiger partial charge in [-0.15, -0.1) is 0 Å². The monoisotopic (exact) mass is 224 g/mol.